The fourth-order valence-corrected chi connectivity index (χ4v) is 2.57. The predicted molar refractivity (Wildman–Crippen MR) is 104 cm³/mol. The van der Waals surface area contributed by atoms with Gasteiger partial charge in [0.25, 0.3) is 11.5 Å². The average Bonchev–Trinajstić information content (AvgIpc) is 2.72. The Morgan fingerprint density at radius 1 is 1.11 bits per heavy atom. The molecule has 0 aliphatic carbocycles. The van der Waals surface area contributed by atoms with Gasteiger partial charge in [-0.2, -0.15) is 0 Å². The Balaban J connectivity index is 1.97. The molecular formula is C21H19N3O3. The second kappa shape index (κ2) is 8.62. The van der Waals surface area contributed by atoms with Crippen molar-refractivity contribution in [3.8, 4) is 5.75 Å². The molecular weight excluding hydrogens is 342 g/mol. The zero-order chi connectivity index (χ0) is 19.1. The minimum absolute atomic E-state index is 0.195. The van der Waals surface area contributed by atoms with Crippen molar-refractivity contribution in [2.75, 3.05) is 7.11 Å². The normalized spacial score (nSPS) is 11.1. The summed E-state index contributed by atoms with van der Waals surface area (Å²) in [5.41, 5.74) is 1.31. The van der Waals surface area contributed by atoms with Gasteiger partial charge < -0.3 is 10.1 Å². The fourth-order valence-electron chi connectivity index (χ4n) is 2.57. The van der Waals surface area contributed by atoms with E-state index in [1.807, 2.05) is 36.4 Å². The highest BCUT2D eigenvalue weighted by Gasteiger charge is 2.14. The lowest BCUT2D eigenvalue weighted by molar-refractivity contribution is -0.116. The van der Waals surface area contributed by atoms with Gasteiger partial charge in [-0.1, -0.05) is 30.3 Å². The van der Waals surface area contributed by atoms with Crippen LogP contribution in [0.4, 0.5) is 0 Å². The number of carbonyl (C=O) groups is 1. The molecule has 0 aliphatic rings. The number of amides is 1. The number of carbonyl (C=O) groups excluding carboxylic acids is 1. The molecule has 1 N–H and O–H groups in total. The zero-order valence-corrected chi connectivity index (χ0v) is 14.8. The van der Waals surface area contributed by atoms with E-state index in [-0.39, 0.29) is 23.7 Å². The minimum atomic E-state index is -0.389. The van der Waals surface area contributed by atoms with E-state index in [2.05, 4.69) is 10.3 Å². The number of nitrogens with one attached hydrogen (secondary N) is 1. The van der Waals surface area contributed by atoms with Crippen LogP contribution in [0.2, 0.25) is 0 Å². The molecule has 3 aromatic rings. The summed E-state index contributed by atoms with van der Waals surface area (Å²) in [6.45, 7) is 0.254. The summed E-state index contributed by atoms with van der Waals surface area (Å²) in [6, 6.07) is 17.5. The lowest BCUT2D eigenvalue weighted by atomic mass is 10.1. The molecule has 27 heavy (non-hydrogen) atoms. The number of pyridine rings is 2. The second-order valence-electron chi connectivity index (χ2n) is 5.68. The Kier molecular flexibility index (Phi) is 5.79. The first kappa shape index (κ1) is 18.1. The highest BCUT2D eigenvalue weighted by Crippen LogP contribution is 2.21. The monoisotopic (exact) mass is 361 g/mol. The van der Waals surface area contributed by atoms with Gasteiger partial charge in [0.15, 0.2) is 0 Å². The van der Waals surface area contributed by atoms with Crippen LogP contribution in [0.25, 0.3) is 11.8 Å². The standard InChI is InChI=1S/C21H19N3O3/c1-27-19-10-3-2-8-16(19)14-18(24-13-7-5-11-20(24)25)21(26)23-15-17-9-4-6-12-22-17/h2-14H,15H2,1H3,(H,23,26). The number of hydrogen-bond donors (Lipinski definition) is 1. The third kappa shape index (κ3) is 4.49. The predicted octanol–water partition coefficient (Wildman–Crippen LogP) is 2.57. The highest BCUT2D eigenvalue weighted by atomic mass is 16.5. The Hall–Kier alpha value is -3.67. The lowest BCUT2D eigenvalue weighted by Crippen LogP contribution is -2.30. The van der Waals surface area contributed by atoms with Gasteiger partial charge in [0.1, 0.15) is 11.4 Å². The van der Waals surface area contributed by atoms with Crippen LogP contribution in [-0.2, 0) is 11.3 Å². The van der Waals surface area contributed by atoms with Crippen LogP contribution < -0.4 is 15.6 Å². The molecule has 0 fully saturated rings. The summed E-state index contributed by atoms with van der Waals surface area (Å²) in [7, 11) is 1.56. The van der Waals surface area contributed by atoms with Crippen LogP contribution in [0.3, 0.4) is 0 Å². The lowest BCUT2D eigenvalue weighted by Gasteiger charge is -2.12. The number of hydrogen-bond acceptors (Lipinski definition) is 4. The molecule has 0 spiro atoms. The van der Waals surface area contributed by atoms with Crippen molar-refractivity contribution in [3.63, 3.8) is 0 Å². The topological polar surface area (TPSA) is 73.2 Å². The van der Waals surface area contributed by atoms with E-state index in [1.165, 1.54) is 10.6 Å². The third-order valence-corrected chi connectivity index (χ3v) is 3.90. The van der Waals surface area contributed by atoms with Gasteiger partial charge in [0.2, 0.25) is 0 Å². The summed E-state index contributed by atoms with van der Waals surface area (Å²) in [5, 5.41) is 2.81. The number of rotatable bonds is 6. The quantitative estimate of drug-likeness (QED) is 0.685. The van der Waals surface area contributed by atoms with Gasteiger partial charge in [-0.25, -0.2) is 0 Å². The maximum absolute atomic E-state index is 12.9. The Morgan fingerprint density at radius 2 is 1.89 bits per heavy atom. The van der Waals surface area contributed by atoms with Crippen molar-refractivity contribution in [1.29, 1.82) is 0 Å². The first-order valence-corrected chi connectivity index (χ1v) is 8.40. The molecule has 0 aliphatic heterocycles. The number of para-hydroxylation sites is 1. The molecule has 6 heteroatoms. The first-order chi connectivity index (χ1) is 13.2. The summed E-state index contributed by atoms with van der Waals surface area (Å²) >= 11 is 0. The van der Waals surface area contributed by atoms with Gasteiger partial charge in [0, 0.05) is 24.0 Å². The third-order valence-electron chi connectivity index (χ3n) is 3.90. The van der Waals surface area contributed by atoms with Crippen LogP contribution in [-0.4, -0.2) is 22.6 Å². The molecule has 6 nitrogen and oxygen atoms in total. The number of benzene rings is 1. The van der Waals surface area contributed by atoms with Crippen LogP contribution in [0, 0.1) is 0 Å². The van der Waals surface area contributed by atoms with Crippen molar-refractivity contribution in [3.05, 3.63) is 94.7 Å². The summed E-state index contributed by atoms with van der Waals surface area (Å²) in [6.07, 6.45) is 4.85. The van der Waals surface area contributed by atoms with Crippen LogP contribution >= 0.6 is 0 Å². The minimum Gasteiger partial charge on any atom is -0.496 e. The van der Waals surface area contributed by atoms with Crippen molar-refractivity contribution >= 4 is 17.7 Å². The average molecular weight is 361 g/mol. The maximum Gasteiger partial charge on any atom is 0.268 e. The molecule has 0 bridgehead atoms. The number of nitrogens with zero attached hydrogens (tertiary/aromatic N) is 2. The van der Waals surface area contributed by atoms with Crippen LogP contribution in [0.1, 0.15) is 11.3 Å². The molecule has 1 amide bonds. The molecule has 136 valence electrons. The van der Waals surface area contributed by atoms with E-state index in [9.17, 15) is 9.59 Å². The SMILES string of the molecule is COc1ccccc1C=C(C(=O)NCc1ccccn1)n1ccccc1=O. The molecule has 0 saturated carbocycles. The first-order valence-electron chi connectivity index (χ1n) is 8.40. The van der Waals surface area contributed by atoms with Gasteiger partial charge >= 0.3 is 0 Å². The van der Waals surface area contributed by atoms with Gasteiger partial charge in [-0.3, -0.25) is 19.1 Å². The molecule has 2 aromatic heterocycles. The van der Waals surface area contributed by atoms with E-state index in [0.717, 1.165) is 5.69 Å². The van der Waals surface area contributed by atoms with Crippen molar-refractivity contribution in [1.82, 2.24) is 14.9 Å². The maximum atomic E-state index is 12.9. The van der Waals surface area contributed by atoms with Crippen molar-refractivity contribution in [2.45, 2.75) is 6.54 Å². The Bertz CT molecular complexity index is 1010. The van der Waals surface area contributed by atoms with Gasteiger partial charge in [-0.05, 0) is 30.3 Å². The molecule has 0 radical (unpaired) electrons. The Morgan fingerprint density at radius 3 is 2.63 bits per heavy atom. The highest BCUT2D eigenvalue weighted by molar-refractivity contribution is 6.18. The smallest absolute Gasteiger partial charge is 0.268 e. The van der Waals surface area contributed by atoms with E-state index < -0.39 is 0 Å². The number of methoxy groups -OCH3 is 1. The van der Waals surface area contributed by atoms with Gasteiger partial charge in [-0.15, -0.1) is 0 Å². The van der Waals surface area contributed by atoms with Crippen LogP contribution in [0.15, 0.2) is 77.9 Å². The van der Waals surface area contributed by atoms with Crippen molar-refractivity contribution < 1.29 is 9.53 Å². The molecule has 1 aromatic carbocycles. The molecule has 0 atom stereocenters. The number of ether oxygens (including phenoxy) is 1. The summed E-state index contributed by atoms with van der Waals surface area (Å²) < 4.78 is 6.65. The largest absolute Gasteiger partial charge is 0.496 e. The van der Waals surface area contributed by atoms with E-state index in [4.69, 9.17) is 4.74 Å². The summed E-state index contributed by atoms with van der Waals surface area (Å²) in [5.74, 6) is 0.219. The molecule has 0 unspecified atom stereocenters. The van der Waals surface area contributed by atoms with E-state index in [1.54, 1.807) is 43.8 Å². The Labute approximate surface area is 156 Å². The van der Waals surface area contributed by atoms with Crippen molar-refractivity contribution in [2.24, 2.45) is 0 Å². The zero-order valence-electron chi connectivity index (χ0n) is 14.8. The number of aromatic nitrogens is 2. The van der Waals surface area contributed by atoms with Crippen LogP contribution in [0.5, 0.6) is 5.75 Å². The van der Waals surface area contributed by atoms with E-state index in [0.29, 0.717) is 11.3 Å². The molecule has 0 saturated heterocycles. The fraction of sp³-hybridized carbons (Fsp3) is 0.0952. The molecule has 2 heterocycles. The molecule has 3 rings (SSSR count). The van der Waals surface area contributed by atoms with E-state index >= 15 is 0 Å². The summed E-state index contributed by atoms with van der Waals surface area (Å²) in [4.78, 5) is 29.3. The van der Waals surface area contributed by atoms with Gasteiger partial charge in [0.05, 0.1) is 19.3 Å². The second-order valence-corrected chi connectivity index (χ2v) is 5.68.